The van der Waals surface area contributed by atoms with Crippen LogP contribution in [0.5, 0.6) is 0 Å². The minimum Gasteiger partial charge on any atom is -0.314 e. The zero-order valence-corrected chi connectivity index (χ0v) is 45.3. The minimum atomic E-state index is -0.00350. The lowest BCUT2D eigenvalue weighted by molar-refractivity contribution is 0.0881. The summed E-state index contributed by atoms with van der Waals surface area (Å²) in [6.45, 7) is 44.0. The third-order valence-corrected chi connectivity index (χ3v) is 19.2. The fourth-order valence-electron chi connectivity index (χ4n) is 12.9. The van der Waals surface area contributed by atoms with Crippen LogP contribution in [-0.2, 0) is 27.1 Å². The summed E-state index contributed by atoms with van der Waals surface area (Å²) >= 11 is 2.26. The molecule has 0 radical (unpaired) electrons. The number of fused-ring (bicyclic) bond motifs is 7. The molecule has 10 rings (SSSR count). The Labute approximate surface area is 410 Å². The molecule has 0 bridgehead atoms. The fourth-order valence-corrected chi connectivity index (χ4v) is 15.0. The predicted octanol–water partition coefficient (Wildman–Crippen LogP) is 16.8. The van der Waals surface area contributed by atoms with Crippen LogP contribution >= 0.6 is 11.8 Å². The molecule has 3 aliphatic heterocycles. The van der Waals surface area contributed by atoms with Gasteiger partial charge in [0.1, 0.15) is 0 Å². The Hall–Kier alpha value is -4.15. The molecule has 350 valence electrons. The molecule has 1 fully saturated rings. The highest BCUT2D eigenvalue weighted by Gasteiger charge is 2.60. The number of allylic oxidation sites excluding steroid dienone is 1. The van der Waals surface area contributed by atoms with Crippen LogP contribution < -0.4 is 20.7 Å². The van der Waals surface area contributed by atoms with Gasteiger partial charge in [-0.05, 0) is 162 Å². The van der Waals surface area contributed by atoms with E-state index in [2.05, 4.69) is 237 Å². The van der Waals surface area contributed by atoms with Crippen molar-refractivity contribution in [2.45, 2.75) is 183 Å². The molecule has 2 aliphatic carbocycles. The third-order valence-electron chi connectivity index (χ3n) is 17.4. The van der Waals surface area contributed by atoms with Crippen LogP contribution in [0.2, 0.25) is 0 Å². The van der Waals surface area contributed by atoms with E-state index in [1.54, 1.807) is 16.1 Å². The van der Waals surface area contributed by atoms with Gasteiger partial charge in [0.05, 0.1) is 5.69 Å². The smallest absolute Gasteiger partial charge is 0.259 e. The first-order chi connectivity index (χ1) is 31.0. The fraction of sp³-hybridized carbons (Fsp3) is 0.492. The standard InChI is InChI=1S/C63H79BN2S/c1-38-35-48-52-49(36-38)66(47-30-25-42(59(8,9)10)37-44(47)39-19-21-40(22-20-39)57(2,3)4)54-51-55(63(17,18)34-33-62(51,15)16)67-56(54)64(52)46-29-28-45-50(61(13,14)32-31-60(45,11)12)53(46)65(48)43-26-23-41(24-27-43)58(5,6)7/h19-30,35-37,51,55H,31-34H2,1-18H3. The first kappa shape index (κ1) is 46.6. The van der Waals surface area contributed by atoms with Crippen LogP contribution in [-0.4, -0.2) is 12.0 Å². The molecule has 5 aliphatic rings. The number of aryl methyl sites for hydroxylation is 1. The van der Waals surface area contributed by atoms with Gasteiger partial charge in [0.25, 0.3) is 6.71 Å². The molecule has 1 saturated carbocycles. The van der Waals surface area contributed by atoms with Crippen LogP contribution in [0.3, 0.4) is 0 Å². The zero-order valence-electron chi connectivity index (χ0n) is 44.5. The van der Waals surface area contributed by atoms with Gasteiger partial charge in [-0.15, -0.1) is 11.8 Å². The Morgan fingerprint density at radius 2 is 1.09 bits per heavy atom. The highest BCUT2D eigenvalue weighted by molar-refractivity contribution is 8.06. The van der Waals surface area contributed by atoms with Crippen molar-refractivity contribution < 1.29 is 0 Å². The van der Waals surface area contributed by atoms with E-state index in [9.17, 15) is 0 Å². The topological polar surface area (TPSA) is 6.48 Å². The van der Waals surface area contributed by atoms with Crippen molar-refractivity contribution >= 4 is 57.8 Å². The molecule has 4 heteroatoms. The molecule has 0 amide bonds. The summed E-state index contributed by atoms with van der Waals surface area (Å²) in [5.41, 5.74) is 22.8. The Morgan fingerprint density at radius 3 is 1.69 bits per heavy atom. The van der Waals surface area contributed by atoms with Crippen LogP contribution in [0.4, 0.5) is 28.4 Å². The van der Waals surface area contributed by atoms with Crippen LogP contribution in [0.15, 0.2) is 101 Å². The molecule has 2 atom stereocenters. The molecule has 3 heterocycles. The normalized spacial score (nSPS) is 22.2. The average Bonchev–Trinajstić information content (AvgIpc) is 3.66. The summed E-state index contributed by atoms with van der Waals surface area (Å²) in [6.07, 6.45) is 4.83. The van der Waals surface area contributed by atoms with E-state index in [1.807, 2.05) is 0 Å². The van der Waals surface area contributed by atoms with Gasteiger partial charge in [-0.1, -0.05) is 172 Å². The van der Waals surface area contributed by atoms with Crippen molar-refractivity contribution in [1.29, 1.82) is 0 Å². The summed E-state index contributed by atoms with van der Waals surface area (Å²) in [4.78, 5) is 7.17. The summed E-state index contributed by atoms with van der Waals surface area (Å²) in [5.74, 6) is 0.381. The zero-order chi connectivity index (χ0) is 48.3. The second-order valence-corrected chi connectivity index (χ2v) is 28.5. The summed E-state index contributed by atoms with van der Waals surface area (Å²) in [5, 5.41) is 0.463. The lowest BCUT2D eigenvalue weighted by atomic mass is 9.35. The number of rotatable bonds is 3. The molecule has 5 aromatic rings. The van der Waals surface area contributed by atoms with Gasteiger partial charge in [0, 0.05) is 45.2 Å². The maximum Gasteiger partial charge on any atom is 0.259 e. The van der Waals surface area contributed by atoms with Gasteiger partial charge >= 0.3 is 0 Å². The molecule has 5 aromatic carbocycles. The first-order valence-electron chi connectivity index (χ1n) is 25.7. The molecule has 67 heavy (non-hydrogen) atoms. The summed E-state index contributed by atoms with van der Waals surface area (Å²) in [7, 11) is 0. The second kappa shape index (κ2) is 14.9. The number of nitrogens with zero attached hydrogens (tertiary/aromatic N) is 2. The molecule has 2 nitrogen and oxygen atoms in total. The predicted molar refractivity (Wildman–Crippen MR) is 295 cm³/mol. The van der Waals surface area contributed by atoms with Crippen LogP contribution in [0, 0.1) is 23.7 Å². The second-order valence-electron chi connectivity index (χ2n) is 27.4. The number of thioether (sulfide) groups is 1. The lowest BCUT2D eigenvalue weighted by Gasteiger charge is -2.52. The van der Waals surface area contributed by atoms with Crippen molar-refractivity contribution in [3.63, 3.8) is 0 Å². The van der Waals surface area contributed by atoms with Gasteiger partial charge < -0.3 is 9.80 Å². The van der Waals surface area contributed by atoms with E-state index in [0.717, 1.165) is 0 Å². The van der Waals surface area contributed by atoms with Gasteiger partial charge in [0.2, 0.25) is 0 Å². The van der Waals surface area contributed by atoms with E-state index in [4.69, 9.17) is 0 Å². The highest BCUT2D eigenvalue weighted by atomic mass is 32.2. The third kappa shape index (κ3) is 7.33. The van der Waals surface area contributed by atoms with Crippen molar-refractivity contribution in [2.75, 3.05) is 9.80 Å². The molecule has 2 unspecified atom stereocenters. The average molecular weight is 907 g/mol. The van der Waals surface area contributed by atoms with Gasteiger partial charge in [-0.25, -0.2) is 0 Å². The molecule has 0 saturated heterocycles. The van der Waals surface area contributed by atoms with Gasteiger partial charge in [-0.2, -0.15) is 0 Å². The van der Waals surface area contributed by atoms with Crippen molar-refractivity contribution in [2.24, 2.45) is 16.7 Å². The van der Waals surface area contributed by atoms with E-state index in [1.165, 1.54) is 104 Å². The highest BCUT2D eigenvalue weighted by Crippen LogP contribution is 2.66. The van der Waals surface area contributed by atoms with E-state index in [-0.39, 0.29) is 44.6 Å². The van der Waals surface area contributed by atoms with Crippen LogP contribution in [0.1, 0.15) is 177 Å². The largest absolute Gasteiger partial charge is 0.314 e. The minimum absolute atomic E-state index is 0.00350. The maximum absolute atomic E-state index is 2.84. The quantitative estimate of drug-likeness (QED) is 0.167. The number of hydrogen-bond acceptors (Lipinski definition) is 3. The summed E-state index contributed by atoms with van der Waals surface area (Å²) in [6, 6.07) is 37.0. The summed E-state index contributed by atoms with van der Waals surface area (Å²) < 4.78 is 0. The number of hydrogen-bond donors (Lipinski definition) is 0. The van der Waals surface area contributed by atoms with E-state index < -0.39 is 0 Å². The Bertz CT molecular complexity index is 2850. The first-order valence-corrected chi connectivity index (χ1v) is 26.6. The van der Waals surface area contributed by atoms with Crippen molar-refractivity contribution in [3.8, 4) is 11.1 Å². The number of anilines is 5. The van der Waals surface area contributed by atoms with Gasteiger partial charge in [-0.3, -0.25) is 0 Å². The van der Waals surface area contributed by atoms with Gasteiger partial charge in [0.15, 0.2) is 0 Å². The molecule has 0 spiro atoms. The molecule has 0 N–H and O–H groups in total. The Kier molecular flexibility index (Phi) is 10.4. The molecular formula is C63H79BN2S. The van der Waals surface area contributed by atoms with E-state index in [0.29, 0.717) is 11.2 Å². The van der Waals surface area contributed by atoms with E-state index >= 15 is 0 Å². The lowest BCUT2D eigenvalue weighted by Crippen LogP contribution is -2.57. The monoisotopic (exact) mass is 907 g/mol. The maximum atomic E-state index is 2.84. The van der Waals surface area contributed by atoms with Crippen LogP contribution in [0.25, 0.3) is 11.1 Å². The van der Waals surface area contributed by atoms with Crippen molar-refractivity contribution in [1.82, 2.24) is 0 Å². The SMILES string of the molecule is Cc1cc2c3c(c1)N(c1ccc(C(C)(C)C)cc1)c1c(ccc4c1C(C)(C)CCC4(C)C)B3C1=C(C3C(S1)C(C)(C)CCC3(C)C)N2c1ccc(C(C)(C)C)cc1-c1ccc(C(C)(C)C)cc1. The molecule has 0 aromatic heterocycles. The number of benzene rings is 5. The molecular weight excluding hydrogens is 828 g/mol. The Balaban J connectivity index is 1.34. The van der Waals surface area contributed by atoms with Crippen molar-refractivity contribution in [3.05, 3.63) is 135 Å². The Morgan fingerprint density at radius 1 is 0.552 bits per heavy atom.